The minimum Gasteiger partial charge on any atom is -0.493 e. The molecule has 0 spiro atoms. The smallest absolute Gasteiger partial charge is 0.128 e. The fourth-order valence-electron chi connectivity index (χ4n) is 7.23. The fourth-order valence-corrected chi connectivity index (χ4v) is 11.6. The maximum absolute atomic E-state index is 6.73. The molecule has 0 unspecified atom stereocenters. The lowest BCUT2D eigenvalue weighted by atomic mass is 10.0. The number of hydrogen-bond donors (Lipinski definition) is 0. The van der Waals surface area contributed by atoms with Crippen LogP contribution in [0.5, 0.6) is 5.75 Å². The summed E-state index contributed by atoms with van der Waals surface area (Å²) in [5.41, 5.74) is 6.92. The second kappa shape index (κ2) is 22.9. The van der Waals surface area contributed by atoms with Gasteiger partial charge in [-0.05, 0) is 121 Å². The Balaban J connectivity index is 1.33. The molecular weight excluding hydrogens is 709 g/mol. The van der Waals surface area contributed by atoms with Crippen LogP contribution >= 0.6 is 45.3 Å². The molecule has 52 heavy (non-hydrogen) atoms. The largest absolute Gasteiger partial charge is 0.493 e. The van der Waals surface area contributed by atoms with Crippen molar-refractivity contribution in [3.63, 3.8) is 0 Å². The minimum atomic E-state index is 0.778. The first kappa shape index (κ1) is 41.0. The van der Waals surface area contributed by atoms with Gasteiger partial charge in [-0.25, -0.2) is 0 Å². The Morgan fingerprint density at radius 1 is 0.462 bits per heavy atom. The van der Waals surface area contributed by atoms with E-state index in [2.05, 4.69) is 87.0 Å². The van der Waals surface area contributed by atoms with Gasteiger partial charge in [0.1, 0.15) is 5.75 Å². The van der Waals surface area contributed by atoms with Crippen molar-refractivity contribution in [1.82, 2.24) is 0 Å². The van der Waals surface area contributed by atoms with Crippen LogP contribution in [-0.2, 0) is 12.8 Å². The molecule has 0 aliphatic heterocycles. The lowest BCUT2D eigenvalue weighted by molar-refractivity contribution is 0.305. The molecule has 4 heterocycles. The topological polar surface area (TPSA) is 9.23 Å². The molecule has 0 fully saturated rings. The molecule has 0 N–H and O–H groups in total. The van der Waals surface area contributed by atoms with Crippen molar-refractivity contribution >= 4 is 45.3 Å². The molecule has 282 valence electrons. The first-order valence-electron chi connectivity index (χ1n) is 20.7. The van der Waals surface area contributed by atoms with Crippen LogP contribution in [-0.4, -0.2) is 6.61 Å². The minimum absolute atomic E-state index is 0.778. The third-order valence-corrected chi connectivity index (χ3v) is 14.9. The molecule has 4 aromatic heterocycles. The van der Waals surface area contributed by atoms with Crippen LogP contribution in [0.4, 0.5) is 0 Å². The number of thiophene rings is 4. The molecule has 0 aliphatic rings. The van der Waals surface area contributed by atoms with Gasteiger partial charge < -0.3 is 4.74 Å². The molecule has 0 bridgehead atoms. The maximum atomic E-state index is 6.73. The predicted octanol–water partition coefficient (Wildman–Crippen LogP) is 17.5. The van der Waals surface area contributed by atoms with Crippen LogP contribution in [0.2, 0.25) is 0 Å². The van der Waals surface area contributed by atoms with Gasteiger partial charge >= 0.3 is 0 Å². The van der Waals surface area contributed by atoms with Gasteiger partial charge in [-0.15, -0.1) is 45.3 Å². The van der Waals surface area contributed by atoms with Crippen molar-refractivity contribution in [2.45, 2.75) is 156 Å². The third-order valence-electron chi connectivity index (χ3n) is 10.4. The van der Waals surface area contributed by atoms with Crippen molar-refractivity contribution in [3.8, 4) is 46.1 Å². The standard InChI is InChI=1S/C47H64OS4/c1-5-8-11-14-17-20-23-37-29-32-49-46(37)44-27-25-42(51-44)39-35-41(48-31-22-19-16-13-10-7-3)40(34-36(39)4)43-26-28-45(52-43)47-38(30-33-50-47)24-21-18-15-12-9-6-2/h25-30,32-35H,5-24,31H2,1-4H3. The molecule has 5 aromatic rings. The monoisotopic (exact) mass is 772 g/mol. The van der Waals surface area contributed by atoms with Crippen LogP contribution < -0.4 is 4.74 Å². The molecule has 5 heteroatoms. The maximum Gasteiger partial charge on any atom is 0.128 e. The molecule has 0 amide bonds. The van der Waals surface area contributed by atoms with Crippen LogP contribution in [0.15, 0.2) is 59.3 Å². The average Bonchev–Trinajstić information content (AvgIpc) is 3.99. The number of ether oxygens (including phenoxy) is 1. The van der Waals surface area contributed by atoms with Crippen molar-refractivity contribution in [2.75, 3.05) is 6.61 Å². The SMILES string of the molecule is CCCCCCCCOc1cc(-c2ccc(-c3sccc3CCCCCCCC)s2)c(C)cc1-c1ccc(-c2sccc2CCCCCCCC)s1. The van der Waals surface area contributed by atoms with Crippen LogP contribution in [0.25, 0.3) is 40.4 Å². The van der Waals surface area contributed by atoms with E-state index < -0.39 is 0 Å². The predicted molar refractivity (Wildman–Crippen MR) is 237 cm³/mol. The zero-order valence-corrected chi connectivity index (χ0v) is 35.9. The van der Waals surface area contributed by atoms with E-state index in [4.69, 9.17) is 4.74 Å². The van der Waals surface area contributed by atoms with Gasteiger partial charge in [0.25, 0.3) is 0 Å². The highest BCUT2D eigenvalue weighted by Gasteiger charge is 2.18. The molecular formula is C47H64OS4. The van der Waals surface area contributed by atoms with Gasteiger partial charge in [-0.1, -0.05) is 117 Å². The van der Waals surface area contributed by atoms with Gasteiger partial charge in [0.15, 0.2) is 0 Å². The molecule has 1 aromatic carbocycles. The van der Waals surface area contributed by atoms with Crippen molar-refractivity contribution in [3.05, 3.63) is 76.0 Å². The Morgan fingerprint density at radius 3 is 1.42 bits per heavy atom. The molecule has 1 nitrogen and oxygen atoms in total. The fraction of sp³-hybridized carbons (Fsp3) is 0.532. The normalized spacial score (nSPS) is 11.5. The highest BCUT2D eigenvalue weighted by molar-refractivity contribution is 7.24. The van der Waals surface area contributed by atoms with E-state index in [1.807, 2.05) is 45.3 Å². The highest BCUT2D eigenvalue weighted by atomic mass is 32.1. The summed E-state index contributed by atoms with van der Waals surface area (Å²) in [4.78, 5) is 8.38. The van der Waals surface area contributed by atoms with E-state index in [0.717, 1.165) is 18.8 Å². The van der Waals surface area contributed by atoms with Gasteiger partial charge in [0.05, 0.1) is 6.61 Å². The first-order valence-corrected chi connectivity index (χ1v) is 24.1. The number of aryl methyl sites for hydroxylation is 3. The summed E-state index contributed by atoms with van der Waals surface area (Å²) < 4.78 is 6.73. The van der Waals surface area contributed by atoms with Crippen molar-refractivity contribution in [1.29, 1.82) is 0 Å². The number of rotatable bonds is 26. The number of benzene rings is 1. The number of unbranched alkanes of at least 4 members (excludes halogenated alkanes) is 15. The van der Waals surface area contributed by atoms with E-state index in [0.29, 0.717) is 0 Å². The van der Waals surface area contributed by atoms with E-state index in [1.165, 1.54) is 179 Å². The second-order valence-corrected chi connectivity index (χ2v) is 18.7. The van der Waals surface area contributed by atoms with Crippen molar-refractivity contribution < 1.29 is 4.74 Å². The Kier molecular flexibility index (Phi) is 18.1. The summed E-state index contributed by atoms with van der Waals surface area (Å²) >= 11 is 7.70. The quantitative estimate of drug-likeness (QED) is 0.0509. The van der Waals surface area contributed by atoms with Gasteiger partial charge in [-0.2, -0.15) is 0 Å². The summed E-state index contributed by atoms with van der Waals surface area (Å²) in [5.74, 6) is 1.04. The summed E-state index contributed by atoms with van der Waals surface area (Å²) in [5, 5.41) is 4.58. The van der Waals surface area contributed by atoms with Gasteiger partial charge in [0.2, 0.25) is 0 Å². The molecule has 0 saturated heterocycles. The molecule has 0 saturated carbocycles. The van der Waals surface area contributed by atoms with Gasteiger partial charge in [-0.3, -0.25) is 0 Å². The molecule has 0 aliphatic carbocycles. The Hall–Kier alpha value is -2.18. The zero-order valence-electron chi connectivity index (χ0n) is 32.7. The van der Waals surface area contributed by atoms with Crippen molar-refractivity contribution in [2.24, 2.45) is 0 Å². The van der Waals surface area contributed by atoms with Crippen LogP contribution in [0.1, 0.15) is 153 Å². The molecule has 0 atom stereocenters. The van der Waals surface area contributed by atoms with Gasteiger partial charge in [0, 0.05) is 34.8 Å². The Morgan fingerprint density at radius 2 is 0.904 bits per heavy atom. The summed E-state index contributed by atoms with van der Waals surface area (Å²) in [6.07, 6.45) is 26.2. The van der Waals surface area contributed by atoms with Crippen LogP contribution in [0, 0.1) is 6.92 Å². The number of hydrogen-bond acceptors (Lipinski definition) is 5. The van der Waals surface area contributed by atoms with E-state index in [9.17, 15) is 0 Å². The highest BCUT2D eigenvalue weighted by Crippen LogP contribution is 2.46. The van der Waals surface area contributed by atoms with E-state index in [1.54, 1.807) is 0 Å². The van der Waals surface area contributed by atoms with E-state index in [-0.39, 0.29) is 0 Å². The Labute approximate surface area is 332 Å². The molecule has 0 radical (unpaired) electrons. The zero-order chi connectivity index (χ0) is 36.4. The average molecular weight is 773 g/mol. The summed E-state index contributed by atoms with van der Waals surface area (Å²) in [6, 6.07) is 18.9. The summed E-state index contributed by atoms with van der Waals surface area (Å²) in [7, 11) is 0. The summed E-state index contributed by atoms with van der Waals surface area (Å²) in [6.45, 7) is 9.95. The first-order chi connectivity index (χ1) is 25.6. The second-order valence-electron chi connectivity index (χ2n) is 14.7. The molecule has 5 rings (SSSR count). The third kappa shape index (κ3) is 12.2. The van der Waals surface area contributed by atoms with E-state index >= 15 is 0 Å². The lowest BCUT2D eigenvalue weighted by Crippen LogP contribution is -2.00. The lowest BCUT2D eigenvalue weighted by Gasteiger charge is -2.15. The Bertz CT molecular complexity index is 1710. The van der Waals surface area contributed by atoms with Crippen LogP contribution in [0.3, 0.4) is 0 Å².